The van der Waals surface area contributed by atoms with Crippen molar-refractivity contribution in [1.82, 2.24) is 19.8 Å². The molecule has 1 amide bonds. The molecule has 0 radical (unpaired) electrons. The Balaban J connectivity index is 1.58. The first kappa shape index (κ1) is 18.1. The molecule has 0 saturated carbocycles. The second-order valence-electron chi connectivity index (χ2n) is 7.25. The number of halogens is 3. The maximum Gasteiger partial charge on any atom is 0.435 e. The van der Waals surface area contributed by atoms with E-state index >= 15 is 0 Å². The molecule has 1 saturated heterocycles. The average Bonchev–Trinajstić information content (AvgIpc) is 3.32. The Hall–Kier alpha value is -2.32. The number of hydrogen-bond acceptors (Lipinski definition) is 4. The topological polar surface area (TPSA) is 64.2 Å². The maximum absolute atomic E-state index is 13.3. The molecule has 146 valence electrons. The van der Waals surface area contributed by atoms with Gasteiger partial charge in [-0.25, -0.2) is 0 Å². The van der Waals surface area contributed by atoms with Crippen LogP contribution in [0, 0.1) is 6.92 Å². The van der Waals surface area contributed by atoms with Crippen molar-refractivity contribution in [3.8, 4) is 0 Å². The van der Waals surface area contributed by atoms with E-state index in [9.17, 15) is 18.0 Å². The Morgan fingerprint density at radius 2 is 2.07 bits per heavy atom. The summed E-state index contributed by atoms with van der Waals surface area (Å²) < 4.78 is 46.5. The Kier molecular flexibility index (Phi) is 4.47. The molecule has 0 unspecified atom stereocenters. The summed E-state index contributed by atoms with van der Waals surface area (Å²) in [7, 11) is 0. The van der Waals surface area contributed by atoms with Crippen LogP contribution in [-0.2, 0) is 30.4 Å². The quantitative estimate of drug-likeness (QED) is 0.816. The largest absolute Gasteiger partial charge is 0.435 e. The number of hydrogen-bond donors (Lipinski definition) is 0. The number of nitrogens with zero attached hydrogens (tertiary/aromatic N) is 4. The second-order valence-corrected chi connectivity index (χ2v) is 7.25. The van der Waals surface area contributed by atoms with Crippen molar-refractivity contribution in [2.24, 2.45) is 0 Å². The van der Waals surface area contributed by atoms with Crippen molar-refractivity contribution in [3.05, 3.63) is 34.5 Å². The number of rotatable bonds is 3. The van der Waals surface area contributed by atoms with Crippen LogP contribution in [0.4, 0.5) is 13.2 Å². The predicted octanol–water partition coefficient (Wildman–Crippen LogP) is 3.44. The van der Waals surface area contributed by atoms with E-state index in [-0.39, 0.29) is 24.1 Å². The zero-order chi connectivity index (χ0) is 19.2. The lowest BCUT2D eigenvalue weighted by Gasteiger charge is -2.23. The number of alkyl halides is 3. The van der Waals surface area contributed by atoms with Gasteiger partial charge in [0.05, 0.1) is 11.7 Å². The standard InChI is InChI=1S/C18H21F3N4O2/c1-11-9-15(27-23-11)14-7-4-8-24(14)16(26)10-25-13-6-3-2-5-12(13)17(22-25)18(19,20)21/h9,14H,2-8,10H2,1H3/t14-/m0/s1. The van der Waals surface area contributed by atoms with E-state index < -0.39 is 11.9 Å². The molecule has 0 aromatic carbocycles. The number of aryl methyl sites for hydroxylation is 1. The van der Waals surface area contributed by atoms with E-state index in [4.69, 9.17) is 4.52 Å². The van der Waals surface area contributed by atoms with Gasteiger partial charge in [-0.2, -0.15) is 18.3 Å². The van der Waals surface area contributed by atoms with Crippen molar-refractivity contribution in [2.45, 2.75) is 64.2 Å². The lowest BCUT2D eigenvalue weighted by atomic mass is 9.95. The van der Waals surface area contributed by atoms with Crippen LogP contribution >= 0.6 is 0 Å². The molecule has 1 fully saturated rings. The first-order chi connectivity index (χ1) is 12.8. The minimum atomic E-state index is -4.50. The summed E-state index contributed by atoms with van der Waals surface area (Å²) in [5.74, 6) is 0.382. The van der Waals surface area contributed by atoms with Crippen LogP contribution in [-0.4, -0.2) is 32.3 Å². The van der Waals surface area contributed by atoms with Crippen LogP contribution in [0.2, 0.25) is 0 Å². The average molecular weight is 382 g/mol. The molecule has 4 rings (SSSR count). The van der Waals surface area contributed by atoms with E-state index in [0.29, 0.717) is 30.8 Å². The van der Waals surface area contributed by atoms with Crippen molar-refractivity contribution >= 4 is 5.91 Å². The molecule has 2 aromatic rings. The minimum absolute atomic E-state index is 0.179. The Labute approximate surface area is 154 Å². The zero-order valence-corrected chi connectivity index (χ0v) is 15.1. The molecule has 1 atom stereocenters. The summed E-state index contributed by atoms with van der Waals surface area (Å²) in [5.41, 5.74) is 0.702. The van der Waals surface area contributed by atoms with E-state index in [1.54, 1.807) is 11.0 Å². The van der Waals surface area contributed by atoms with E-state index in [1.807, 2.05) is 6.92 Å². The van der Waals surface area contributed by atoms with Gasteiger partial charge in [0.15, 0.2) is 11.5 Å². The van der Waals surface area contributed by atoms with Gasteiger partial charge >= 0.3 is 6.18 Å². The normalized spacial score (nSPS) is 20.1. The van der Waals surface area contributed by atoms with Crippen LogP contribution in [0.5, 0.6) is 0 Å². The van der Waals surface area contributed by atoms with Crippen LogP contribution in [0.15, 0.2) is 10.6 Å². The number of amides is 1. The van der Waals surface area contributed by atoms with Gasteiger partial charge in [0.1, 0.15) is 6.54 Å². The number of aromatic nitrogens is 3. The highest BCUT2D eigenvalue weighted by molar-refractivity contribution is 5.77. The third kappa shape index (κ3) is 3.35. The molecule has 9 heteroatoms. The van der Waals surface area contributed by atoms with Crippen molar-refractivity contribution in [2.75, 3.05) is 6.54 Å². The van der Waals surface area contributed by atoms with Gasteiger partial charge in [0.25, 0.3) is 0 Å². The fraction of sp³-hybridized carbons (Fsp3) is 0.611. The van der Waals surface area contributed by atoms with Crippen LogP contribution < -0.4 is 0 Å². The van der Waals surface area contributed by atoms with Gasteiger partial charge in [0.2, 0.25) is 5.91 Å². The minimum Gasteiger partial charge on any atom is -0.359 e. The summed E-state index contributed by atoms with van der Waals surface area (Å²) in [5, 5.41) is 7.66. The van der Waals surface area contributed by atoms with Crippen LogP contribution in [0.1, 0.15) is 60.1 Å². The van der Waals surface area contributed by atoms with Crippen molar-refractivity contribution < 1.29 is 22.5 Å². The van der Waals surface area contributed by atoms with Gasteiger partial charge in [-0.3, -0.25) is 9.48 Å². The summed E-state index contributed by atoms with van der Waals surface area (Å²) in [4.78, 5) is 14.5. The first-order valence-electron chi connectivity index (χ1n) is 9.23. The summed E-state index contributed by atoms with van der Waals surface area (Å²) >= 11 is 0. The smallest absolute Gasteiger partial charge is 0.359 e. The van der Waals surface area contributed by atoms with Crippen molar-refractivity contribution in [3.63, 3.8) is 0 Å². The molecular formula is C18H21F3N4O2. The van der Waals surface area contributed by atoms with E-state index in [1.165, 1.54) is 4.68 Å². The first-order valence-corrected chi connectivity index (χ1v) is 9.23. The third-order valence-electron chi connectivity index (χ3n) is 5.36. The van der Waals surface area contributed by atoms with Crippen LogP contribution in [0.3, 0.4) is 0 Å². The second kappa shape index (κ2) is 6.69. The summed E-state index contributed by atoms with van der Waals surface area (Å²) in [6.07, 6.45) is -0.503. The number of carbonyl (C=O) groups excluding carboxylic acids is 1. The van der Waals surface area contributed by atoms with E-state index in [2.05, 4.69) is 10.3 Å². The molecule has 0 bridgehead atoms. The fourth-order valence-electron chi connectivity index (χ4n) is 4.15. The van der Waals surface area contributed by atoms with Gasteiger partial charge in [-0.05, 0) is 45.4 Å². The van der Waals surface area contributed by atoms with Gasteiger partial charge in [-0.1, -0.05) is 5.16 Å². The SMILES string of the molecule is Cc1cc([C@@H]2CCCN2C(=O)Cn2nc(C(F)(F)F)c3c2CCCC3)on1. The lowest BCUT2D eigenvalue weighted by molar-refractivity contribution is -0.142. The summed E-state index contributed by atoms with van der Waals surface area (Å²) in [6.45, 7) is 2.18. The Morgan fingerprint density at radius 3 is 2.78 bits per heavy atom. The number of likely N-dealkylation sites (tertiary alicyclic amines) is 1. The molecule has 27 heavy (non-hydrogen) atoms. The predicted molar refractivity (Wildman–Crippen MR) is 88.8 cm³/mol. The summed E-state index contributed by atoms with van der Waals surface area (Å²) in [6, 6.07) is 1.58. The van der Waals surface area contributed by atoms with Crippen molar-refractivity contribution in [1.29, 1.82) is 0 Å². The molecule has 3 heterocycles. The highest BCUT2D eigenvalue weighted by Gasteiger charge is 2.40. The molecule has 0 spiro atoms. The zero-order valence-electron chi connectivity index (χ0n) is 15.1. The van der Waals surface area contributed by atoms with Gasteiger partial charge in [-0.15, -0.1) is 0 Å². The van der Waals surface area contributed by atoms with Gasteiger partial charge in [0, 0.05) is 23.9 Å². The highest BCUT2D eigenvalue weighted by Crippen LogP contribution is 2.36. The Bertz CT molecular complexity index is 855. The molecule has 1 aliphatic carbocycles. The molecule has 0 N–H and O–H groups in total. The van der Waals surface area contributed by atoms with Crippen LogP contribution in [0.25, 0.3) is 0 Å². The highest BCUT2D eigenvalue weighted by atomic mass is 19.4. The fourth-order valence-corrected chi connectivity index (χ4v) is 4.15. The lowest BCUT2D eigenvalue weighted by Crippen LogP contribution is -2.34. The third-order valence-corrected chi connectivity index (χ3v) is 5.36. The monoisotopic (exact) mass is 382 g/mol. The molecular weight excluding hydrogens is 361 g/mol. The van der Waals surface area contributed by atoms with E-state index in [0.717, 1.165) is 31.4 Å². The number of fused-ring (bicyclic) bond motifs is 1. The van der Waals surface area contributed by atoms with Gasteiger partial charge < -0.3 is 9.42 Å². The molecule has 2 aliphatic rings. The molecule has 1 aliphatic heterocycles. The molecule has 6 nitrogen and oxygen atoms in total. The maximum atomic E-state index is 13.3. The number of carbonyl (C=O) groups is 1. The molecule has 2 aromatic heterocycles. The Morgan fingerprint density at radius 1 is 1.30 bits per heavy atom.